The van der Waals surface area contributed by atoms with Gasteiger partial charge in [-0.3, -0.25) is 0 Å². The SMILES string of the molecule is COCCCN(C)c1cc(S(N)(=O)=O)ccc1N. The molecule has 0 aliphatic heterocycles. The number of nitrogens with two attached hydrogens (primary N) is 2. The van der Waals surface area contributed by atoms with Crippen molar-refractivity contribution in [3.8, 4) is 0 Å². The van der Waals surface area contributed by atoms with Crippen molar-refractivity contribution in [2.45, 2.75) is 11.3 Å². The van der Waals surface area contributed by atoms with Crippen LogP contribution in [0.3, 0.4) is 0 Å². The van der Waals surface area contributed by atoms with Gasteiger partial charge in [0.05, 0.1) is 16.3 Å². The number of nitrogens with zero attached hydrogens (tertiary/aromatic N) is 1. The Balaban J connectivity index is 2.93. The zero-order valence-corrected chi connectivity index (χ0v) is 11.4. The summed E-state index contributed by atoms with van der Waals surface area (Å²) in [5.41, 5.74) is 7.00. The monoisotopic (exact) mass is 273 g/mol. The second kappa shape index (κ2) is 6.03. The van der Waals surface area contributed by atoms with E-state index in [1.165, 1.54) is 12.1 Å². The third-order valence-electron chi connectivity index (χ3n) is 2.58. The first kappa shape index (κ1) is 14.7. The molecule has 1 rings (SSSR count). The Labute approximate surface area is 108 Å². The lowest BCUT2D eigenvalue weighted by Crippen LogP contribution is -2.22. The van der Waals surface area contributed by atoms with Gasteiger partial charge in [0.15, 0.2) is 0 Å². The molecule has 0 fully saturated rings. The molecule has 0 atom stereocenters. The summed E-state index contributed by atoms with van der Waals surface area (Å²) >= 11 is 0. The molecule has 0 unspecified atom stereocenters. The highest BCUT2D eigenvalue weighted by Crippen LogP contribution is 2.25. The first-order chi connectivity index (χ1) is 8.36. The standard InChI is InChI=1S/C11H19N3O3S/c1-14(6-3-7-17-2)11-8-9(18(13,15)16)4-5-10(11)12/h4-5,8H,3,6-7,12H2,1-2H3,(H2,13,15,16). The maximum absolute atomic E-state index is 11.3. The molecular weight excluding hydrogens is 254 g/mol. The third kappa shape index (κ3) is 3.86. The van der Waals surface area contributed by atoms with Crippen LogP contribution in [-0.2, 0) is 14.8 Å². The van der Waals surface area contributed by atoms with Crippen LogP contribution in [0.2, 0.25) is 0 Å². The minimum absolute atomic E-state index is 0.0605. The van der Waals surface area contributed by atoms with Gasteiger partial charge in [-0.25, -0.2) is 13.6 Å². The highest BCUT2D eigenvalue weighted by molar-refractivity contribution is 7.89. The molecule has 7 heteroatoms. The van der Waals surface area contributed by atoms with Gasteiger partial charge in [-0.15, -0.1) is 0 Å². The molecule has 0 heterocycles. The Hall–Kier alpha value is -1.31. The van der Waals surface area contributed by atoms with Crippen LogP contribution < -0.4 is 15.8 Å². The van der Waals surface area contributed by atoms with Crippen molar-refractivity contribution < 1.29 is 13.2 Å². The Morgan fingerprint density at radius 1 is 1.39 bits per heavy atom. The van der Waals surface area contributed by atoms with Gasteiger partial charge < -0.3 is 15.4 Å². The summed E-state index contributed by atoms with van der Waals surface area (Å²) < 4.78 is 27.5. The van der Waals surface area contributed by atoms with E-state index in [1.54, 1.807) is 13.2 Å². The highest BCUT2D eigenvalue weighted by Gasteiger charge is 2.12. The molecule has 1 aromatic carbocycles. The lowest BCUT2D eigenvalue weighted by atomic mass is 10.2. The van der Waals surface area contributed by atoms with Gasteiger partial charge in [0, 0.05) is 27.3 Å². The predicted octanol–water partition coefficient (Wildman–Crippen LogP) is 0.389. The van der Waals surface area contributed by atoms with Crippen LogP contribution in [0.25, 0.3) is 0 Å². The van der Waals surface area contributed by atoms with E-state index in [0.717, 1.165) is 6.42 Å². The molecule has 0 saturated heterocycles. The number of rotatable bonds is 6. The molecule has 0 bridgehead atoms. The van der Waals surface area contributed by atoms with Crippen molar-refractivity contribution in [2.75, 3.05) is 37.9 Å². The van der Waals surface area contributed by atoms with Gasteiger partial charge in [-0.1, -0.05) is 0 Å². The summed E-state index contributed by atoms with van der Waals surface area (Å²) in [5, 5.41) is 5.09. The summed E-state index contributed by atoms with van der Waals surface area (Å²) in [6.45, 7) is 1.35. The van der Waals surface area contributed by atoms with E-state index in [2.05, 4.69) is 0 Å². The Morgan fingerprint density at radius 2 is 2.06 bits per heavy atom. The summed E-state index contributed by atoms with van der Waals surface area (Å²) in [5.74, 6) is 0. The van der Waals surface area contributed by atoms with Gasteiger partial charge in [0.2, 0.25) is 10.0 Å². The molecule has 102 valence electrons. The number of methoxy groups -OCH3 is 1. The number of ether oxygens (including phenoxy) is 1. The molecule has 4 N–H and O–H groups in total. The van der Waals surface area contributed by atoms with E-state index in [4.69, 9.17) is 15.6 Å². The van der Waals surface area contributed by atoms with E-state index in [-0.39, 0.29) is 4.90 Å². The zero-order valence-electron chi connectivity index (χ0n) is 10.6. The summed E-state index contributed by atoms with van der Waals surface area (Å²) in [4.78, 5) is 1.94. The molecule has 6 nitrogen and oxygen atoms in total. The third-order valence-corrected chi connectivity index (χ3v) is 3.49. The predicted molar refractivity (Wildman–Crippen MR) is 72.0 cm³/mol. The van der Waals surface area contributed by atoms with Crippen LogP contribution >= 0.6 is 0 Å². The van der Waals surface area contributed by atoms with Crippen LogP contribution in [-0.4, -0.2) is 35.7 Å². The summed E-state index contributed by atoms with van der Waals surface area (Å²) in [6.07, 6.45) is 0.825. The van der Waals surface area contributed by atoms with Crippen molar-refractivity contribution in [3.05, 3.63) is 18.2 Å². The molecule has 0 amide bonds. The van der Waals surface area contributed by atoms with Crippen LogP contribution in [0.1, 0.15) is 6.42 Å². The minimum atomic E-state index is -3.71. The van der Waals surface area contributed by atoms with Gasteiger partial charge in [0.1, 0.15) is 0 Å². The topological polar surface area (TPSA) is 98.6 Å². The van der Waals surface area contributed by atoms with Crippen LogP contribution in [0.4, 0.5) is 11.4 Å². The lowest BCUT2D eigenvalue weighted by molar-refractivity contribution is 0.196. The van der Waals surface area contributed by atoms with Crippen molar-refractivity contribution in [3.63, 3.8) is 0 Å². The summed E-state index contributed by atoms with van der Waals surface area (Å²) in [6, 6.07) is 4.43. The number of hydrogen-bond donors (Lipinski definition) is 2. The van der Waals surface area contributed by atoms with Crippen LogP contribution in [0.15, 0.2) is 23.1 Å². The molecule has 1 aromatic rings. The fraction of sp³-hybridized carbons (Fsp3) is 0.455. The van der Waals surface area contributed by atoms with Crippen LogP contribution in [0, 0.1) is 0 Å². The second-order valence-electron chi connectivity index (χ2n) is 4.03. The van der Waals surface area contributed by atoms with Gasteiger partial charge >= 0.3 is 0 Å². The molecule has 0 radical (unpaired) electrons. The van der Waals surface area contributed by atoms with E-state index in [0.29, 0.717) is 24.5 Å². The van der Waals surface area contributed by atoms with Crippen molar-refractivity contribution in [2.24, 2.45) is 5.14 Å². The maximum atomic E-state index is 11.3. The summed E-state index contributed by atoms with van der Waals surface area (Å²) in [7, 11) is -0.231. The van der Waals surface area contributed by atoms with E-state index in [1.807, 2.05) is 11.9 Å². The fourth-order valence-corrected chi connectivity index (χ4v) is 2.13. The van der Waals surface area contributed by atoms with Crippen molar-refractivity contribution in [1.82, 2.24) is 0 Å². The Kier molecular flexibility index (Phi) is 4.94. The molecule has 0 spiro atoms. The molecule has 0 saturated carbocycles. The molecule has 0 aromatic heterocycles. The fourth-order valence-electron chi connectivity index (χ4n) is 1.60. The second-order valence-corrected chi connectivity index (χ2v) is 5.59. The van der Waals surface area contributed by atoms with E-state index < -0.39 is 10.0 Å². The lowest BCUT2D eigenvalue weighted by Gasteiger charge is -2.21. The smallest absolute Gasteiger partial charge is 0.238 e. The van der Waals surface area contributed by atoms with Crippen molar-refractivity contribution >= 4 is 21.4 Å². The minimum Gasteiger partial charge on any atom is -0.397 e. The normalized spacial score (nSPS) is 11.5. The molecule has 18 heavy (non-hydrogen) atoms. The van der Waals surface area contributed by atoms with Gasteiger partial charge in [-0.2, -0.15) is 0 Å². The average Bonchev–Trinajstić information content (AvgIpc) is 2.28. The first-order valence-corrected chi connectivity index (χ1v) is 7.03. The van der Waals surface area contributed by atoms with Gasteiger partial charge in [0.25, 0.3) is 0 Å². The van der Waals surface area contributed by atoms with E-state index in [9.17, 15) is 8.42 Å². The first-order valence-electron chi connectivity index (χ1n) is 5.48. The number of hydrogen-bond acceptors (Lipinski definition) is 5. The number of anilines is 2. The number of benzene rings is 1. The molecule has 0 aliphatic carbocycles. The number of nitrogen functional groups attached to an aromatic ring is 1. The maximum Gasteiger partial charge on any atom is 0.238 e. The molecule has 0 aliphatic rings. The van der Waals surface area contributed by atoms with E-state index >= 15 is 0 Å². The van der Waals surface area contributed by atoms with Crippen molar-refractivity contribution in [1.29, 1.82) is 0 Å². The Morgan fingerprint density at radius 3 is 2.61 bits per heavy atom. The molecular formula is C11H19N3O3S. The van der Waals surface area contributed by atoms with Gasteiger partial charge in [-0.05, 0) is 24.6 Å². The quantitative estimate of drug-likeness (QED) is 0.577. The zero-order chi connectivity index (χ0) is 13.8. The Bertz CT molecular complexity index is 502. The number of sulfonamides is 1. The highest BCUT2D eigenvalue weighted by atomic mass is 32.2. The van der Waals surface area contributed by atoms with Crippen LogP contribution in [0.5, 0.6) is 0 Å². The average molecular weight is 273 g/mol. The largest absolute Gasteiger partial charge is 0.397 e. The number of primary sulfonamides is 1.